The molecule has 0 saturated heterocycles. The molecule has 0 aliphatic heterocycles. The largest absolute Gasteiger partial charge is 0.356 e. The SMILES string of the molecule is Cc1[nH]c2c(F)ccc(C)c2c1CCNC(=O)c1cc2ccccn2n1. The zero-order valence-electron chi connectivity index (χ0n) is 14.6. The van der Waals surface area contributed by atoms with Gasteiger partial charge in [-0.2, -0.15) is 5.10 Å². The summed E-state index contributed by atoms with van der Waals surface area (Å²) >= 11 is 0. The van der Waals surface area contributed by atoms with Crippen LogP contribution in [0.3, 0.4) is 0 Å². The quantitative estimate of drug-likeness (QED) is 0.591. The van der Waals surface area contributed by atoms with Crippen molar-refractivity contribution in [3.63, 3.8) is 0 Å². The van der Waals surface area contributed by atoms with Gasteiger partial charge in [-0.25, -0.2) is 8.91 Å². The summed E-state index contributed by atoms with van der Waals surface area (Å²) in [6, 6.07) is 10.7. The summed E-state index contributed by atoms with van der Waals surface area (Å²) in [5.74, 6) is -0.470. The Kier molecular flexibility index (Phi) is 3.95. The summed E-state index contributed by atoms with van der Waals surface area (Å²) in [7, 11) is 0. The second-order valence-electron chi connectivity index (χ2n) is 6.45. The molecular weight excluding hydrogens is 331 g/mol. The van der Waals surface area contributed by atoms with E-state index in [-0.39, 0.29) is 11.7 Å². The van der Waals surface area contributed by atoms with Crippen LogP contribution in [0.4, 0.5) is 4.39 Å². The summed E-state index contributed by atoms with van der Waals surface area (Å²) in [4.78, 5) is 15.5. The molecule has 4 rings (SSSR count). The standard InChI is InChI=1S/C20H19FN4O/c1-12-6-7-16(21)19-18(12)15(13(2)23-19)8-9-22-20(26)17-11-14-5-3-4-10-25(14)24-17/h3-7,10-11,23H,8-9H2,1-2H3,(H,22,26). The lowest BCUT2D eigenvalue weighted by Crippen LogP contribution is -2.26. The van der Waals surface area contributed by atoms with Gasteiger partial charge in [0.25, 0.3) is 5.91 Å². The molecule has 2 N–H and O–H groups in total. The number of rotatable bonds is 4. The van der Waals surface area contributed by atoms with Crippen LogP contribution >= 0.6 is 0 Å². The fraction of sp³-hybridized carbons (Fsp3) is 0.200. The molecule has 0 fully saturated rings. The van der Waals surface area contributed by atoms with Crippen LogP contribution in [0.15, 0.2) is 42.6 Å². The van der Waals surface area contributed by atoms with Gasteiger partial charge in [0.1, 0.15) is 5.82 Å². The topological polar surface area (TPSA) is 62.2 Å². The normalized spacial score (nSPS) is 11.3. The molecule has 0 radical (unpaired) electrons. The van der Waals surface area contributed by atoms with Crippen molar-refractivity contribution in [2.24, 2.45) is 0 Å². The van der Waals surface area contributed by atoms with Crippen LogP contribution in [0.2, 0.25) is 0 Å². The third kappa shape index (κ3) is 2.73. The fourth-order valence-electron chi connectivity index (χ4n) is 3.40. The van der Waals surface area contributed by atoms with Crippen molar-refractivity contribution in [2.75, 3.05) is 6.54 Å². The summed E-state index contributed by atoms with van der Waals surface area (Å²) in [5, 5.41) is 8.08. The van der Waals surface area contributed by atoms with Gasteiger partial charge in [-0.1, -0.05) is 12.1 Å². The molecule has 0 bridgehead atoms. The average Bonchev–Trinajstić information content (AvgIpc) is 3.20. The van der Waals surface area contributed by atoms with Gasteiger partial charge in [0.05, 0.1) is 11.0 Å². The number of halogens is 1. The van der Waals surface area contributed by atoms with Gasteiger partial charge in [0.2, 0.25) is 0 Å². The second kappa shape index (κ2) is 6.29. The Morgan fingerprint density at radius 3 is 2.92 bits per heavy atom. The Bertz CT molecular complexity index is 1090. The van der Waals surface area contributed by atoms with Crippen molar-refractivity contribution < 1.29 is 9.18 Å². The number of aryl methyl sites for hydroxylation is 2. The summed E-state index contributed by atoms with van der Waals surface area (Å²) in [6.07, 6.45) is 2.42. The Morgan fingerprint density at radius 1 is 1.27 bits per heavy atom. The smallest absolute Gasteiger partial charge is 0.271 e. The summed E-state index contributed by atoms with van der Waals surface area (Å²) in [6.45, 7) is 4.35. The first-order chi connectivity index (χ1) is 12.5. The highest BCUT2D eigenvalue weighted by molar-refractivity contribution is 5.93. The minimum Gasteiger partial charge on any atom is -0.356 e. The molecular formula is C20H19FN4O. The number of nitrogens with one attached hydrogen (secondary N) is 2. The lowest BCUT2D eigenvalue weighted by Gasteiger charge is -2.06. The van der Waals surface area contributed by atoms with Gasteiger partial charge in [0.15, 0.2) is 5.69 Å². The van der Waals surface area contributed by atoms with E-state index in [4.69, 9.17) is 0 Å². The zero-order chi connectivity index (χ0) is 18.3. The van der Waals surface area contributed by atoms with Crippen LogP contribution < -0.4 is 5.32 Å². The van der Waals surface area contributed by atoms with Crippen molar-refractivity contribution in [1.29, 1.82) is 0 Å². The predicted octanol–water partition coefficient (Wildman–Crippen LogP) is 3.54. The molecule has 0 aliphatic rings. The molecule has 0 spiro atoms. The third-order valence-electron chi connectivity index (χ3n) is 4.69. The van der Waals surface area contributed by atoms with Crippen LogP contribution in [0.25, 0.3) is 16.4 Å². The number of benzene rings is 1. The first-order valence-corrected chi connectivity index (χ1v) is 8.53. The maximum Gasteiger partial charge on any atom is 0.271 e. The maximum absolute atomic E-state index is 14.0. The molecule has 26 heavy (non-hydrogen) atoms. The Balaban J connectivity index is 1.51. The van der Waals surface area contributed by atoms with Crippen molar-refractivity contribution >= 4 is 22.3 Å². The third-order valence-corrected chi connectivity index (χ3v) is 4.69. The predicted molar refractivity (Wildman–Crippen MR) is 99.0 cm³/mol. The molecule has 0 unspecified atom stereocenters. The highest BCUT2D eigenvalue weighted by Crippen LogP contribution is 2.27. The number of aromatic amines is 1. The second-order valence-corrected chi connectivity index (χ2v) is 6.45. The number of H-pyrrole nitrogens is 1. The number of fused-ring (bicyclic) bond motifs is 2. The molecule has 5 nitrogen and oxygen atoms in total. The minimum atomic E-state index is -0.256. The van der Waals surface area contributed by atoms with Gasteiger partial charge >= 0.3 is 0 Å². The van der Waals surface area contributed by atoms with Gasteiger partial charge in [0, 0.05) is 23.8 Å². The maximum atomic E-state index is 14.0. The highest BCUT2D eigenvalue weighted by atomic mass is 19.1. The van der Waals surface area contributed by atoms with Crippen LogP contribution in [-0.2, 0) is 6.42 Å². The average molecular weight is 350 g/mol. The number of hydrogen-bond acceptors (Lipinski definition) is 2. The summed E-state index contributed by atoms with van der Waals surface area (Å²) < 4.78 is 15.7. The lowest BCUT2D eigenvalue weighted by molar-refractivity contribution is 0.0949. The number of nitrogens with zero attached hydrogens (tertiary/aromatic N) is 2. The van der Waals surface area contributed by atoms with Gasteiger partial charge in [-0.3, -0.25) is 4.79 Å². The van der Waals surface area contributed by atoms with Crippen molar-refractivity contribution in [1.82, 2.24) is 19.9 Å². The highest BCUT2D eigenvalue weighted by Gasteiger charge is 2.15. The number of carbonyl (C=O) groups is 1. The number of pyridine rings is 1. The molecule has 0 aliphatic carbocycles. The fourth-order valence-corrected chi connectivity index (χ4v) is 3.40. The van der Waals surface area contributed by atoms with Crippen molar-refractivity contribution in [2.45, 2.75) is 20.3 Å². The molecule has 1 aromatic carbocycles. The molecule has 0 atom stereocenters. The van der Waals surface area contributed by atoms with Crippen LogP contribution in [0.5, 0.6) is 0 Å². The number of hydrogen-bond donors (Lipinski definition) is 2. The van der Waals surface area contributed by atoms with E-state index in [9.17, 15) is 9.18 Å². The van der Waals surface area contributed by atoms with Crippen LogP contribution in [0.1, 0.15) is 27.3 Å². The minimum absolute atomic E-state index is 0.214. The first kappa shape index (κ1) is 16.3. The van der Waals surface area contributed by atoms with E-state index in [2.05, 4.69) is 15.4 Å². The van der Waals surface area contributed by atoms with Crippen LogP contribution in [-0.4, -0.2) is 27.0 Å². The van der Waals surface area contributed by atoms with E-state index in [0.717, 1.165) is 27.7 Å². The van der Waals surface area contributed by atoms with Gasteiger partial charge in [-0.15, -0.1) is 0 Å². The summed E-state index contributed by atoms with van der Waals surface area (Å²) in [5.41, 5.74) is 4.77. The monoisotopic (exact) mass is 350 g/mol. The van der Waals surface area contributed by atoms with E-state index in [1.807, 2.05) is 32.0 Å². The molecule has 4 aromatic rings. The molecule has 1 amide bonds. The Labute approximate surface area is 149 Å². The first-order valence-electron chi connectivity index (χ1n) is 8.53. The Hall–Kier alpha value is -3.15. The number of carbonyl (C=O) groups excluding carboxylic acids is 1. The molecule has 3 heterocycles. The van der Waals surface area contributed by atoms with E-state index in [0.29, 0.717) is 24.2 Å². The molecule has 132 valence electrons. The zero-order valence-corrected chi connectivity index (χ0v) is 14.6. The molecule has 3 aromatic heterocycles. The molecule has 0 saturated carbocycles. The van der Waals surface area contributed by atoms with Crippen molar-refractivity contribution in [3.05, 3.63) is 70.9 Å². The Morgan fingerprint density at radius 2 is 2.12 bits per heavy atom. The van der Waals surface area contributed by atoms with Crippen molar-refractivity contribution in [3.8, 4) is 0 Å². The molecule has 6 heteroatoms. The van der Waals surface area contributed by atoms with Crippen LogP contribution in [0, 0.1) is 19.7 Å². The number of aromatic nitrogens is 3. The van der Waals surface area contributed by atoms with Gasteiger partial charge in [-0.05, 0) is 55.7 Å². The van der Waals surface area contributed by atoms with E-state index < -0.39 is 0 Å². The van der Waals surface area contributed by atoms with Gasteiger partial charge < -0.3 is 10.3 Å². The lowest BCUT2D eigenvalue weighted by atomic mass is 10.0. The van der Waals surface area contributed by atoms with E-state index in [1.54, 1.807) is 22.8 Å². The van der Waals surface area contributed by atoms with E-state index in [1.165, 1.54) is 6.07 Å². The number of amides is 1. The van der Waals surface area contributed by atoms with E-state index >= 15 is 0 Å².